The molecule has 208 valence electrons. The average molecular weight is 558 g/mol. The molecule has 0 aliphatic heterocycles. The predicted molar refractivity (Wildman–Crippen MR) is 149 cm³/mol. The molecule has 0 saturated carbocycles. The highest BCUT2D eigenvalue weighted by Crippen LogP contribution is 2.34. The maximum Gasteiger partial charge on any atom is 0.262 e. The van der Waals surface area contributed by atoms with Gasteiger partial charge in [0, 0.05) is 47.3 Å². The third-order valence-electron chi connectivity index (χ3n) is 5.71. The van der Waals surface area contributed by atoms with Gasteiger partial charge in [-0.3, -0.25) is 14.6 Å². The fraction of sp³-hybridized carbons (Fsp3) is 0.133. The first-order valence-electron chi connectivity index (χ1n) is 12.4. The minimum Gasteiger partial charge on any atom is -0.495 e. The Morgan fingerprint density at radius 1 is 0.927 bits per heavy atom. The summed E-state index contributed by atoms with van der Waals surface area (Å²) in [6.45, 7) is 3.64. The number of rotatable bonds is 9. The average Bonchev–Trinajstić information content (AvgIpc) is 2.95. The van der Waals surface area contributed by atoms with Gasteiger partial charge in [-0.2, -0.15) is 5.26 Å². The molecular formula is C30H25F2N5O4. The number of ether oxygens (including phenoxy) is 2. The zero-order valence-electron chi connectivity index (χ0n) is 22.3. The van der Waals surface area contributed by atoms with E-state index in [9.17, 15) is 19.2 Å². The normalized spacial score (nSPS) is 11.1. The van der Waals surface area contributed by atoms with Gasteiger partial charge < -0.3 is 25.4 Å². The second-order valence-corrected chi connectivity index (χ2v) is 9.03. The Morgan fingerprint density at radius 2 is 1.61 bits per heavy atom. The molecule has 4 rings (SSSR count). The fourth-order valence-electron chi connectivity index (χ4n) is 3.69. The number of amides is 2. The standard InChI is InChI=1S/C30H25F2N5O4/c1-17(2)35-16-23(29(38)36-20-6-4-19(31)5-7-20)30(39)37-21-8-9-27(24(32)13-21)41-26-10-11-34-25-14-28(40-3)18(15-33)12-22(25)26/h4-14,16-17,35H,1-3H3,(H,36,38)(H,37,39)/b23-16+. The highest BCUT2D eigenvalue weighted by molar-refractivity contribution is 6.26. The molecule has 0 atom stereocenters. The molecule has 0 bridgehead atoms. The lowest BCUT2D eigenvalue weighted by Gasteiger charge is -2.14. The molecule has 41 heavy (non-hydrogen) atoms. The first kappa shape index (κ1) is 28.5. The lowest BCUT2D eigenvalue weighted by molar-refractivity contribution is -0.118. The molecule has 1 aromatic heterocycles. The number of nitrogens with zero attached hydrogens (tertiary/aromatic N) is 2. The van der Waals surface area contributed by atoms with Crippen molar-refractivity contribution in [1.82, 2.24) is 10.3 Å². The Bertz CT molecular complexity index is 1680. The number of methoxy groups -OCH3 is 1. The van der Waals surface area contributed by atoms with Crippen molar-refractivity contribution in [3.63, 3.8) is 0 Å². The maximum atomic E-state index is 15.1. The predicted octanol–water partition coefficient (Wildman–Crippen LogP) is 5.64. The molecule has 0 radical (unpaired) electrons. The Hall–Kier alpha value is -5.50. The number of carbonyl (C=O) groups excluding carboxylic acids is 2. The zero-order chi connectivity index (χ0) is 29.5. The van der Waals surface area contributed by atoms with Gasteiger partial charge in [-0.1, -0.05) is 0 Å². The number of anilines is 2. The zero-order valence-corrected chi connectivity index (χ0v) is 22.3. The molecule has 0 unspecified atom stereocenters. The summed E-state index contributed by atoms with van der Waals surface area (Å²) in [5.74, 6) is -2.35. The maximum absolute atomic E-state index is 15.1. The van der Waals surface area contributed by atoms with Crippen molar-refractivity contribution in [3.8, 4) is 23.3 Å². The first-order chi connectivity index (χ1) is 19.7. The molecule has 0 spiro atoms. The number of halogens is 2. The van der Waals surface area contributed by atoms with Crippen molar-refractivity contribution in [2.75, 3.05) is 17.7 Å². The molecule has 4 aromatic rings. The molecule has 3 N–H and O–H groups in total. The van der Waals surface area contributed by atoms with Gasteiger partial charge in [-0.25, -0.2) is 8.78 Å². The van der Waals surface area contributed by atoms with Gasteiger partial charge in [0.25, 0.3) is 11.8 Å². The molecule has 2 amide bonds. The molecule has 0 aliphatic carbocycles. The summed E-state index contributed by atoms with van der Waals surface area (Å²) >= 11 is 0. The van der Waals surface area contributed by atoms with Gasteiger partial charge in [0.05, 0.1) is 18.2 Å². The highest BCUT2D eigenvalue weighted by atomic mass is 19.1. The van der Waals surface area contributed by atoms with E-state index in [2.05, 4.69) is 20.9 Å². The van der Waals surface area contributed by atoms with Crippen molar-refractivity contribution in [3.05, 3.63) is 95.8 Å². The molecule has 0 saturated heterocycles. The van der Waals surface area contributed by atoms with Crippen LogP contribution in [0, 0.1) is 23.0 Å². The second kappa shape index (κ2) is 12.6. The van der Waals surface area contributed by atoms with Crippen LogP contribution in [0.15, 0.2) is 78.6 Å². The number of hydrogen-bond acceptors (Lipinski definition) is 7. The van der Waals surface area contributed by atoms with E-state index in [1.54, 1.807) is 12.1 Å². The van der Waals surface area contributed by atoms with Gasteiger partial charge >= 0.3 is 0 Å². The van der Waals surface area contributed by atoms with Crippen LogP contribution in [-0.2, 0) is 9.59 Å². The van der Waals surface area contributed by atoms with Crippen LogP contribution in [0.2, 0.25) is 0 Å². The van der Waals surface area contributed by atoms with E-state index in [-0.39, 0.29) is 40.1 Å². The number of benzene rings is 3. The van der Waals surface area contributed by atoms with Gasteiger partial charge in [0.2, 0.25) is 0 Å². The van der Waals surface area contributed by atoms with Crippen LogP contribution >= 0.6 is 0 Å². The van der Waals surface area contributed by atoms with E-state index in [1.165, 1.54) is 62.0 Å². The van der Waals surface area contributed by atoms with Crippen LogP contribution < -0.4 is 25.4 Å². The van der Waals surface area contributed by atoms with E-state index in [1.807, 2.05) is 19.9 Å². The van der Waals surface area contributed by atoms with Crippen LogP contribution in [0.25, 0.3) is 10.9 Å². The van der Waals surface area contributed by atoms with Crippen molar-refractivity contribution in [1.29, 1.82) is 5.26 Å². The van der Waals surface area contributed by atoms with Gasteiger partial charge in [0.1, 0.15) is 29.0 Å². The van der Waals surface area contributed by atoms with Crippen molar-refractivity contribution < 1.29 is 27.8 Å². The van der Waals surface area contributed by atoms with Crippen molar-refractivity contribution >= 4 is 34.1 Å². The van der Waals surface area contributed by atoms with Crippen molar-refractivity contribution in [2.45, 2.75) is 19.9 Å². The fourth-order valence-corrected chi connectivity index (χ4v) is 3.69. The monoisotopic (exact) mass is 557 g/mol. The van der Waals surface area contributed by atoms with Crippen LogP contribution in [-0.4, -0.2) is 29.9 Å². The molecular weight excluding hydrogens is 532 g/mol. The van der Waals surface area contributed by atoms with Gasteiger partial charge in [-0.15, -0.1) is 0 Å². The van der Waals surface area contributed by atoms with E-state index in [0.29, 0.717) is 16.7 Å². The quantitative estimate of drug-likeness (QED) is 0.138. The minimum atomic E-state index is -0.802. The number of hydrogen-bond donors (Lipinski definition) is 3. The number of nitrogens with one attached hydrogen (secondary N) is 3. The van der Waals surface area contributed by atoms with Crippen LogP contribution in [0.5, 0.6) is 17.2 Å². The second-order valence-electron chi connectivity index (χ2n) is 9.03. The van der Waals surface area contributed by atoms with Crippen LogP contribution in [0.1, 0.15) is 19.4 Å². The summed E-state index contributed by atoms with van der Waals surface area (Å²) in [5, 5.41) is 17.8. The summed E-state index contributed by atoms with van der Waals surface area (Å²) in [6.07, 6.45) is 2.73. The number of carbonyl (C=O) groups is 2. The summed E-state index contributed by atoms with van der Waals surface area (Å²) in [6, 6.07) is 15.5. The van der Waals surface area contributed by atoms with Gasteiger partial charge in [0.15, 0.2) is 11.6 Å². The highest BCUT2D eigenvalue weighted by Gasteiger charge is 2.20. The number of aromatic nitrogens is 1. The Labute approximate surface area is 234 Å². The number of nitriles is 1. The molecule has 9 nitrogen and oxygen atoms in total. The largest absolute Gasteiger partial charge is 0.495 e. The van der Waals surface area contributed by atoms with Crippen LogP contribution in [0.4, 0.5) is 20.2 Å². The third kappa shape index (κ3) is 6.93. The Balaban J connectivity index is 1.54. The smallest absolute Gasteiger partial charge is 0.262 e. The minimum absolute atomic E-state index is 0.0703. The first-order valence-corrected chi connectivity index (χ1v) is 12.4. The molecule has 11 heteroatoms. The molecule has 1 heterocycles. The lowest BCUT2D eigenvalue weighted by Crippen LogP contribution is -2.28. The molecule has 0 fully saturated rings. The van der Waals surface area contributed by atoms with Crippen LogP contribution in [0.3, 0.4) is 0 Å². The number of pyridine rings is 1. The Kier molecular flexibility index (Phi) is 8.74. The van der Waals surface area contributed by atoms with E-state index in [4.69, 9.17) is 9.47 Å². The summed E-state index contributed by atoms with van der Waals surface area (Å²) in [4.78, 5) is 30.1. The Morgan fingerprint density at radius 3 is 2.24 bits per heavy atom. The van der Waals surface area contributed by atoms with Gasteiger partial charge in [-0.05, 0) is 62.4 Å². The summed E-state index contributed by atoms with van der Waals surface area (Å²) in [7, 11) is 1.44. The van der Waals surface area contributed by atoms with Crippen molar-refractivity contribution in [2.24, 2.45) is 0 Å². The SMILES string of the molecule is COc1cc2nccc(Oc3ccc(NC(=O)/C(=C/NC(C)C)C(=O)Nc4ccc(F)cc4)cc3F)c2cc1C#N. The number of fused-ring (bicyclic) bond motifs is 1. The molecule has 3 aromatic carbocycles. The summed E-state index contributed by atoms with van der Waals surface area (Å²) in [5.41, 5.74) is 0.819. The van der Waals surface area contributed by atoms with E-state index >= 15 is 4.39 Å². The molecule has 0 aliphatic rings. The van der Waals surface area contributed by atoms with E-state index < -0.39 is 23.4 Å². The lowest BCUT2D eigenvalue weighted by atomic mass is 10.1. The van der Waals surface area contributed by atoms with E-state index in [0.717, 1.165) is 6.07 Å². The topological polar surface area (TPSA) is 125 Å². The summed E-state index contributed by atoms with van der Waals surface area (Å²) < 4.78 is 39.3. The third-order valence-corrected chi connectivity index (χ3v) is 5.71.